The van der Waals surface area contributed by atoms with Crippen LogP contribution in [0.3, 0.4) is 0 Å². The summed E-state index contributed by atoms with van der Waals surface area (Å²) in [6, 6.07) is 1.05. The number of piperidine rings is 1. The third kappa shape index (κ3) is 3.29. The standard InChI is InChI=1S/C6H12O2.C5H9N/c1-3-5-6(7)8-4-2;1-3-6-4-2-5(1)6/h3-5H2,1-2H3;5H,1-4H2. The number of fused-ring (bicyclic) bond motifs is 1. The molecule has 0 aromatic rings. The molecule has 2 aliphatic heterocycles. The number of hydrogen-bond donors (Lipinski definition) is 0. The van der Waals surface area contributed by atoms with Gasteiger partial charge in [0.05, 0.1) is 6.61 Å². The van der Waals surface area contributed by atoms with Gasteiger partial charge >= 0.3 is 5.97 Å². The van der Waals surface area contributed by atoms with Crippen LogP contribution in [0, 0.1) is 0 Å². The Balaban J connectivity index is 0.000000143. The van der Waals surface area contributed by atoms with E-state index in [2.05, 4.69) is 9.64 Å². The van der Waals surface area contributed by atoms with Crippen LogP contribution >= 0.6 is 0 Å². The molecular formula is C11H21NO2. The zero-order valence-electron chi connectivity index (χ0n) is 9.29. The van der Waals surface area contributed by atoms with Crippen molar-refractivity contribution in [3.63, 3.8) is 0 Å². The van der Waals surface area contributed by atoms with E-state index in [9.17, 15) is 4.79 Å². The summed E-state index contributed by atoms with van der Waals surface area (Å²) in [7, 11) is 0. The maximum absolute atomic E-state index is 10.4. The number of rotatable bonds is 3. The second-order valence-corrected chi connectivity index (χ2v) is 3.82. The largest absolute Gasteiger partial charge is 0.466 e. The molecule has 2 aliphatic rings. The molecule has 0 aromatic carbocycles. The van der Waals surface area contributed by atoms with Crippen molar-refractivity contribution in [2.75, 3.05) is 19.7 Å². The third-order valence-corrected chi connectivity index (χ3v) is 2.77. The Labute approximate surface area is 86.4 Å². The lowest BCUT2D eigenvalue weighted by Gasteiger charge is -2.50. The number of carbonyl (C=O) groups is 1. The van der Waals surface area contributed by atoms with E-state index in [0.29, 0.717) is 13.0 Å². The minimum atomic E-state index is -0.0880. The average molecular weight is 199 g/mol. The van der Waals surface area contributed by atoms with Crippen LogP contribution in [0.25, 0.3) is 0 Å². The lowest BCUT2D eigenvalue weighted by molar-refractivity contribution is -0.143. The second-order valence-electron chi connectivity index (χ2n) is 3.82. The molecule has 2 rings (SSSR count). The van der Waals surface area contributed by atoms with Gasteiger partial charge in [-0.25, -0.2) is 0 Å². The average Bonchev–Trinajstić information content (AvgIpc) is 2.13. The first-order valence-corrected chi connectivity index (χ1v) is 5.67. The Hall–Kier alpha value is -0.570. The summed E-state index contributed by atoms with van der Waals surface area (Å²) >= 11 is 0. The summed E-state index contributed by atoms with van der Waals surface area (Å²) in [6.07, 6.45) is 4.40. The molecule has 14 heavy (non-hydrogen) atoms. The van der Waals surface area contributed by atoms with Crippen LogP contribution in [0.4, 0.5) is 0 Å². The van der Waals surface area contributed by atoms with Crippen LogP contribution in [0.1, 0.15) is 39.5 Å². The number of hydrogen-bond acceptors (Lipinski definition) is 3. The van der Waals surface area contributed by atoms with Crippen molar-refractivity contribution >= 4 is 5.97 Å². The fraction of sp³-hybridized carbons (Fsp3) is 0.909. The first kappa shape index (κ1) is 11.5. The summed E-state index contributed by atoms with van der Waals surface area (Å²) in [6.45, 7) is 7.05. The van der Waals surface area contributed by atoms with Crippen LogP contribution in [0.15, 0.2) is 0 Å². The van der Waals surface area contributed by atoms with Crippen molar-refractivity contribution in [1.29, 1.82) is 0 Å². The zero-order valence-corrected chi connectivity index (χ0v) is 9.29. The molecule has 0 aliphatic carbocycles. The van der Waals surface area contributed by atoms with E-state index in [1.54, 1.807) is 0 Å². The van der Waals surface area contributed by atoms with Crippen molar-refractivity contribution in [1.82, 2.24) is 4.90 Å². The molecule has 2 fully saturated rings. The van der Waals surface area contributed by atoms with E-state index in [0.717, 1.165) is 12.5 Å². The van der Waals surface area contributed by atoms with Gasteiger partial charge in [-0.05, 0) is 39.3 Å². The topological polar surface area (TPSA) is 29.5 Å². The molecule has 2 saturated heterocycles. The predicted octanol–water partition coefficient (Wildman–Crippen LogP) is 1.81. The van der Waals surface area contributed by atoms with Gasteiger partial charge in [-0.1, -0.05) is 6.92 Å². The van der Waals surface area contributed by atoms with Crippen LogP contribution in [0.5, 0.6) is 0 Å². The molecule has 0 bridgehead atoms. The fourth-order valence-corrected chi connectivity index (χ4v) is 1.68. The molecule has 2 heterocycles. The lowest BCUT2D eigenvalue weighted by atomic mass is 9.91. The third-order valence-electron chi connectivity index (χ3n) is 2.77. The second kappa shape index (κ2) is 6.02. The normalized spacial score (nSPS) is 19.6. The molecule has 0 N–H and O–H groups in total. The number of ether oxygens (including phenoxy) is 1. The maximum Gasteiger partial charge on any atom is 0.305 e. The molecule has 0 amide bonds. The molecule has 0 unspecified atom stereocenters. The van der Waals surface area contributed by atoms with Crippen LogP contribution in [-0.2, 0) is 9.53 Å². The highest BCUT2D eigenvalue weighted by atomic mass is 16.5. The first-order chi connectivity index (χ1) is 6.77. The lowest BCUT2D eigenvalue weighted by Crippen LogP contribution is -2.57. The summed E-state index contributed by atoms with van der Waals surface area (Å²) in [5.74, 6) is -0.0880. The first-order valence-electron chi connectivity index (χ1n) is 5.67. The molecular weight excluding hydrogens is 178 g/mol. The van der Waals surface area contributed by atoms with Gasteiger partial charge in [-0.2, -0.15) is 0 Å². The summed E-state index contributed by atoms with van der Waals surface area (Å²) in [4.78, 5) is 12.9. The highest BCUT2D eigenvalue weighted by Crippen LogP contribution is 2.28. The molecule has 0 aromatic heterocycles. The van der Waals surface area contributed by atoms with Gasteiger partial charge in [0.1, 0.15) is 0 Å². The highest BCUT2D eigenvalue weighted by Gasteiger charge is 2.34. The van der Waals surface area contributed by atoms with E-state index in [1.807, 2.05) is 13.8 Å². The van der Waals surface area contributed by atoms with Crippen molar-refractivity contribution in [2.24, 2.45) is 0 Å². The molecule has 0 atom stereocenters. The molecule has 0 radical (unpaired) electrons. The van der Waals surface area contributed by atoms with E-state index < -0.39 is 0 Å². The van der Waals surface area contributed by atoms with E-state index >= 15 is 0 Å². The van der Waals surface area contributed by atoms with Crippen molar-refractivity contribution in [2.45, 2.75) is 45.6 Å². The Kier molecular flexibility index (Phi) is 4.94. The minimum absolute atomic E-state index is 0.0880. The number of carbonyl (C=O) groups excluding carboxylic acids is 1. The molecule has 3 heteroatoms. The van der Waals surface area contributed by atoms with E-state index in [4.69, 9.17) is 0 Å². The fourth-order valence-electron chi connectivity index (χ4n) is 1.68. The smallest absolute Gasteiger partial charge is 0.305 e. The molecule has 3 nitrogen and oxygen atoms in total. The summed E-state index contributed by atoms with van der Waals surface area (Å²) < 4.78 is 4.64. The summed E-state index contributed by atoms with van der Waals surface area (Å²) in [5, 5.41) is 0. The highest BCUT2D eigenvalue weighted by molar-refractivity contribution is 5.69. The van der Waals surface area contributed by atoms with Gasteiger partial charge in [-0.15, -0.1) is 0 Å². The van der Waals surface area contributed by atoms with Crippen LogP contribution in [-0.4, -0.2) is 36.6 Å². The monoisotopic (exact) mass is 199 g/mol. The molecule has 82 valence electrons. The van der Waals surface area contributed by atoms with Crippen molar-refractivity contribution in [3.8, 4) is 0 Å². The number of esters is 1. The quantitative estimate of drug-likeness (QED) is 0.649. The Bertz CT molecular complexity index is 156. The maximum atomic E-state index is 10.4. The molecule has 0 spiro atoms. The van der Waals surface area contributed by atoms with Gasteiger partial charge in [0.15, 0.2) is 0 Å². The minimum Gasteiger partial charge on any atom is -0.466 e. The Morgan fingerprint density at radius 3 is 2.14 bits per heavy atom. The van der Waals surface area contributed by atoms with Gasteiger partial charge in [0.25, 0.3) is 0 Å². The van der Waals surface area contributed by atoms with Gasteiger partial charge in [0.2, 0.25) is 0 Å². The Morgan fingerprint density at radius 2 is 1.93 bits per heavy atom. The van der Waals surface area contributed by atoms with Crippen LogP contribution in [0.2, 0.25) is 0 Å². The Morgan fingerprint density at radius 1 is 1.36 bits per heavy atom. The summed E-state index contributed by atoms with van der Waals surface area (Å²) in [5.41, 5.74) is 0. The van der Waals surface area contributed by atoms with E-state index in [1.165, 1.54) is 25.9 Å². The SMILES string of the molecule is C1CN2CCC12.CCCC(=O)OCC. The van der Waals surface area contributed by atoms with Crippen molar-refractivity contribution < 1.29 is 9.53 Å². The van der Waals surface area contributed by atoms with Gasteiger partial charge in [-0.3, -0.25) is 4.79 Å². The molecule has 0 saturated carbocycles. The number of nitrogens with zero attached hydrogens (tertiary/aromatic N) is 1. The van der Waals surface area contributed by atoms with Crippen molar-refractivity contribution in [3.05, 3.63) is 0 Å². The van der Waals surface area contributed by atoms with Crippen LogP contribution < -0.4 is 0 Å². The van der Waals surface area contributed by atoms with Gasteiger partial charge < -0.3 is 9.64 Å². The zero-order chi connectivity index (χ0) is 10.4. The van der Waals surface area contributed by atoms with Gasteiger partial charge in [0, 0.05) is 12.5 Å². The predicted molar refractivity (Wildman–Crippen MR) is 56.1 cm³/mol. The van der Waals surface area contributed by atoms with E-state index in [-0.39, 0.29) is 5.97 Å².